The minimum atomic E-state index is -0.322. The third-order valence-corrected chi connectivity index (χ3v) is 11.1. The van der Waals surface area contributed by atoms with E-state index in [-0.39, 0.29) is 6.92 Å². The van der Waals surface area contributed by atoms with E-state index >= 15 is 0 Å². The molecule has 4 nitrogen and oxygen atoms in total. The fourth-order valence-corrected chi connectivity index (χ4v) is 8.74. The maximum atomic E-state index is 7.14. The summed E-state index contributed by atoms with van der Waals surface area (Å²) in [6.45, 7) is -0.322. The van der Waals surface area contributed by atoms with Crippen molar-refractivity contribution in [1.29, 1.82) is 0 Å². The number of benzene rings is 8. The van der Waals surface area contributed by atoms with Gasteiger partial charge in [-0.05, 0) is 70.8 Å². The Balaban J connectivity index is 1.06. The van der Waals surface area contributed by atoms with Crippen molar-refractivity contribution in [2.45, 2.75) is 0 Å². The number of hydrogen-bond donors (Lipinski definition) is 0. The quantitative estimate of drug-likeness (QED) is 0.175. The van der Waals surface area contributed by atoms with Gasteiger partial charge in [0.2, 0.25) is 0 Å². The van der Waals surface area contributed by atoms with E-state index in [4.69, 9.17) is 13.8 Å². The van der Waals surface area contributed by atoms with Crippen LogP contribution < -0.4 is 20.3 Å². The van der Waals surface area contributed by atoms with Crippen LogP contribution in [0, 0.1) is 0 Å². The summed E-state index contributed by atoms with van der Waals surface area (Å²) in [5.41, 5.74) is 13.7. The lowest BCUT2D eigenvalue weighted by Crippen LogP contribution is -2.53. The molecule has 5 heteroatoms. The zero-order valence-electron chi connectivity index (χ0n) is 28.4. The molecule has 0 fully saturated rings. The number of fused-ring (bicyclic) bond motifs is 10. The molecule has 10 aromatic rings. The molecule has 0 saturated carbocycles. The molecule has 8 aromatic carbocycles. The molecule has 0 unspecified atom stereocenters. The molecule has 12 rings (SSSR count). The van der Waals surface area contributed by atoms with Crippen LogP contribution in [0.3, 0.4) is 0 Å². The maximum Gasteiger partial charge on any atom is 0.434 e. The molecule has 0 atom stereocenters. The van der Waals surface area contributed by atoms with Crippen LogP contribution >= 0.6 is 0 Å². The van der Waals surface area contributed by atoms with E-state index in [9.17, 15) is 0 Å². The van der Waals surface area contributed by atoms with Gasteiger partial charge < -0.3 is 18.4 Å². The van der Waals surface area contributed by atoms with Gasteiger partial charge in [-0.1, -0.05) is 121 Å². The van der Waals surface area contributed by atoms with Gasteiger partial charge in [0.25, 0.3) is 0 Å². The van der Waals surface area contributed by atoms with E-state index in [1.54, 1.807) is 0 Å². The maximum absolute atomic E-state index is 7.14. The molecule has 2 aliphatic heterocycles. The third-order valence-electron chi connectivity index (χ3n) is 11.1. The van der Waals surface area contributed by atoms with Gasteiger partial charge in [-0.15, -0.1) is 0 Å². The van der Waals surface area contributed by atoms with Gasteiger partial charge in [0.1, 0.15) is 28.4 Å². The first kappa shape index (κ1) is 28.7. The molecular weight excluding hydrogens is 649 g/mol. The van der Waals surface area contributed by atoms with E-state index in [0.29, 0.717) is 0 Å². The molecule has 2 aliphatic rings. The second kappa shape index (κ2) is 10.8. The molecule has 0 saturated heterocycles. The standard InChI is InChI=1S/C48H28BNO3/c1-5-21-40-33(14-1)34-15-2-6-22-41(34)50(40)42-23-11-20-39-48(42)52-45-28-31(27-38-36-17-4-8-25-44(36)53-49(39)46(38)45)29-12-9-13-30(26-29)32-18-10-19-37-35-16-3-7-24-43(35)51-47(32)37/h1-28H. The van der Waals surface area contributed by atoms with Crippen LogP contribution in [0.25, 0.3) is 82.8 Å². The van der Waals surface area contributed by atoms with Crippen molar-refractivity contribution in [3.05, 3.63) is 170 Å². The number of aromatic nitrogens is 1. The molecule has 0 spiro atoms. The molecule has 0 N–H and O–H groups in total. The van der Waals surface area contributed by atoms with Crippen molar-refractivity contribution >= 4 is 61.6 Å². The van der Waals surface area contributed by atoms with Gasteiger partial charge in [0.15, 0.2) is 0 Å². The molecule has 4 heterocycles. The normalized spacial score (nSPS) is 12.8. The largest absolute Gasteiger partial charge is 0.551 e. The van der Waals surface area contributed by atoms with Crippen molar-refractivity contribution in [3.63, 3.8) is 0 Å². The van der Waals surface area contributed by atoms with Gasteiger partial charge in [0.05, 0.1) is 16.7 Å². The van der Waals surface area contributed by atoms with E-state index in [0.717, 1.165) is 100 Å². The Hall–Kier alpha value is -6.98. The van der Waals surface area contributed by atoms with Crippen LogP contribution in [0.1, 0.15) is 0 Å². The van der Waals surface area contributed by atoms with Crippen LogP contribution in [0.2, 0.25) is 0 Å². The molecule has 246 valence electrons. The molecule has 0 amide bonds. The summed E-state index contributed by atoms with van der Waals surface area (Å²) in [7, 11) is 0. The van der Waals surface area contributed by atoms with Gasteiger partial charge in [-0.2, -0.15) is 0 Å². The van der Waals surface area contributed by atoms with Gasteiger partial charge in [-0.3, -0.25) is 0 Å². The van der Waals surface area contributed by atoms with E-state index in [1.165, 1.54) is 10.8 Å². The van der Waals surface area contributed by atoms with Gasteiger partial charge >= 0.3 is 6.92 Å². The van der Waals surface area contributed by atoms with Crippen molar-refractivity contribution in [2.75, 3.05) is 0 Å². The fourth-order valence-electron chi connectivity index (χ4n) is 8.74. The van der Waals surface area contributed by atoms with Crippen molar-refractivity contribution in [2.24, 2.45) is 0 Å². The minimum absolute atomic E-state index is 0.322. The monoisotopic (exact) mass is 677 g/mol. The van der Waals surface area contributed by atoms with Gasteiger partial charge in [0, 0.05) is 43.6 Å². The Morgan fingerprint density at radius 3 is 2.00 bits per heavy atom. The van der Waals surface area contributed by atoms with Crippen molar-refractivity contribution in [1.82, 2.24) is 4.57 Å². The highest BCUT2D eigenvalue weighted by Gasteiger charge is 2.42. The highest BCUT2D eigenvalue weighted by molar-refractivity contribution is 6.84. The van der Waals surface area contributed by atoms with Crippen LogP contribution in [0.15, 0.2) is 174 Å². The molecular formula is C48H28BNO3. The second-order valence-corrected chi connectivity index (χ2v) is 14.0. The van der Waals surface area contributed by atoms with Crippen LogP contribution in [-0.2, 0) is 0 Å². The highest BCUT2D eigenvalue weighted by Crippen LogP contribution is 2.44. The number of rotatable bonds is 3. The molecule has 0 aliphatic carbocycles. The predicted molar refractivity (Wildman–Crippen MR) is 217 cm³/mol. The summed E-state index contributed by atoms with van der Waals surface area (Å²) in [6.07, 6.45) is 0. The van der Waals surface area contributed by atoms with Crippen molar-refractivity contribution in [3.8, 4) is 56.3 Å². The third kappa shape index (κ3) is 4.07. The average molecular weight is 678 g/mol. The summed E-state index contributed by atoms with van der Waals surface area (Å²) in [5, 5.41) is 4.67. The summed E-state index contributed by atoms with van der Waals surface area (Å²) < 4.78 is 22.8. The van der Waals surface area contributed by atoms with Crippen LogP contribution in [0.4, 0.5) is 0 Å². The summed E-state index contributed by atoms with van der Waals surface area (Å²) >= 11 is 0. The predicted octanol–water partition coefficient (Wildman–Crippen LogP) is 11.3. The summed E-state index contributed by atoms with van der Waals surface area (Å²) in [4.78, 5) is 0. The Morgan fingerprint density at radius 1 is 0.453 bits per heavy atom. The van der Waals surface area contributed by atoms with Crippen LogP contribution in [-0.4, -0.2) is 11.5 Å². The molecule has 2 aromatic heterocycles. The lowest BCUT2D eigenvalue weighted by atomic mass is 9.50. The fraction of sp³-hybridized carbons (Fsp3) is 0. The van der Waals surface area contributed by atoms with Gasteiger partial charge in [-0.25, -0.2) is 0 Å². The zero-order chi connectivity index (χ0) is 34.6. The molecule has 53 heavy (non-hydrogen) atoms. The molecule has 0 bridgehead atoms. The first-order valence-corrected chi connectivity index (χ1v) is 18.0. The molecule has 0 radical (unpaired) electrons. The number of ether oxygens (including phenoxy) is 1. The summed E-state index contributed by atoms with van der Waals surface area (Å²) in [5.74, 6) is 2.49. The Labute approximate surface area is 305 Å². The Bertz CT molecular complexity index is 3100. The SMILES string of the molecule is c1cc(-c2cc3c4c(c2)-c2ccccc2OB4c2cccc(-n4c5ccccc5c5ccccc54)c2O3)cc(-c2cccc3c2oc2ccccc23)c1. The summed E-state index contributed by atoms with van der Waals surface area (Å²) in [6, 6.07) is 59.8. The van der Waals surface area contributed by atoms with E-state index in [1.807, 2.05) is 18.2 Å². The highest BCUT2D eigenvalue weighted by atomic mass is 16.5. The first-order valence-electron chi connectivity index (χ1n) is 18.0. The first-order chi connectivity index (χ1) is 26.3. The van der Waals surface area contributed by atoms with E-state index < -0.39 is 0 Å². The van der Waals surface area contributed by atoms with Crippen molar-refractivity contribution < 1.29 is 13.8 Å². The second-order valence-electron chi connectivity index (χ2n) is 14.0. The lowest BCUT2D eigenvalue weighted by Gasteiger charge is -2.34. The van der Waals surface area contributed by atoms with E-state index in [2.05, 4.69) is 156 Å². The number of furan rings is 1. The van der Waals surface area contributed by atoms with Crippen LogP contribution in [0.5, 0.6) is 17.2 Å². The number of hydrogen-bond acceptors (Lipinski definition) is 3. The number of para-hydroxylation sites is 6. The minimum Gasteiger partial charge on any atom is -0.551 e. The zero-order valence-corrected chi connectivity index (χ0v) is 28.4. The lowest BCUT2D eigenvalue weighted by molar-refractivity contribution is 0.478. The Kier molecular flexibility index (Phi) is 5.83. The smallest absolute Gasteiger partial charge is 0.434 e. The average Bonchev–Trinajstić information content (AvgIpc) is 3.77. The Morgan fingerprint density at radius 2 is 1.13 bits per heavy atom. The topological polar surface area (TPSA) is 36.5 Å². The number of nitrogens with zero attached hydrogens (tertiary/aromatic N) is 1.